The number of aromatic amines is 1. The molecule has 0 radical (unpaired) electrons. The molecule has 11 nitrogen and oxygen atoms in total. The van der Waals surface area contributed by atoms with E-state index < -0.39 is 17.4 Å². The molecule has 4 aromatic rings. The summed E-state index contributed by atoms with van der Waals surface area (Å²) in [6, 6.07) is 14.9. The molecule has 188 valence electrons. The Labute approximate surface area is 206 Å². The lowest BCUT2D eigenvalue weighted by atomic mass is 10.1. The Morgan fingerprint density at radius 1 is 1.19 bits per heavy atom. The maximum Gasteiger partial charge on any atom is 0.329 e. The van der Waals surface area contributed by atoms with Crippen LogP contribution in [0.4, 0.5) is 5.95 Å². The first-order valence-electron chi connectivity index (χ1n) is 11.3. The summed E-state index contributed by atoms with van der Waals surface area (Å²) in [6.07, 6.45) is -0.981. The first-order chi connectivity index (χ1) is 17.3. The Kier molecular flexibility index (Phi) is 7.20. The standard InChI is InChI=1S/C25H28N6O5/c1-15-7-5-6-8-20(15)36-14-18(32)13-31-21-22(30(3)25(34)27-23(21)33)26-24(31)29-28-16(2)17-9-11-19(35-4)12-10-17/h5-12,18,32H,13-14H2,1-4H3,(H,26,29)(H,27,33,34)/b28-16-/t18-/m0/s1. The van der Waals surface area contributed by atoms with Crippen molar-refractivity contribution in [1.29, 1.82) is 0 Å². The lowest BCUT2D eigenvalue weighted by Gasteiger charge is -2.16. The fraction of sp³-hybridized carbons (Fsp3) is 0.280. The zero-order chi connectivity index (χ0) is 25.8. The number of fused-ring (bicyclic) bond motifs is 1. The first-order valence-corrected chi connectivity index (χ1v) is 11.3. The summed E-state index contributed by atoms with van der Waals surface area (Å²) >= 11 is 0. The molecule has 0 aliphatic rings. The number of aryl methyl sites for hydroxylation is 2. The normalized spacial score (nSPS) is 12.5. The summed E-state index contributed by atoms with van der Waals surface area (Å²) in [5, 5.41) is 15.1. The van der Waals surface area contributed by atoms with Gasteiger partial charge in [-0.25, -0.2) is 10.2 Å². The molecule has 2 heterocycles. The number of methoxy groups -OCH3 is 1. The van der Waals surface area contributed by atoms with Gasteiger partial charge in [-0.05, 0) is 55.3 Å². The third-order valence-corrected chi connectivity index (χ3v) is 5.76. The molecule has 0 fully saturated rings. The number of H-pyrrole nitrogens is 1. The van der Waals surface area contributed by atoms with Crippen LogP contribution >= 0.6 is 0 Å². The number of rotatable bonds is 9. The van der Waals surface area contributed by atoms with Crippen molar-refractivity contribution < 1.29 is 14.6 Å². The van der Waals surface area contributed by atoms with E-state index in [0.717, 1.165) is 16.9 Å². The molecule has 0 spiro atoms. The number of hydrazone groups is 1. The molecule has 3 N–H and O–H groups in total. The molecule has 0 aliphatic heterocycles. The lowest BCUT2D eigenvalue weighted by molar-refractivity contribution is 0.0935. The van der Waals surface area contributed by atoms with Gasteiger partial charge in [-0.3, -0.25) is 14.3 Å². The van der Waals surface area contributed by atoms with Gasteiger partial charge in [-0.2, -0.15) is 10.1 Å². The van der Waals surface area contributed by atoms with E-state index in [1.165, 1.54) is 16.2 Å². The van der Waals surface area contributed by atoms with E-state index in [0.29, 0.717) is 11.5 Å². The second kappa shape index (κ2) is 10.5. The van der Waals surface area contributed by atoms with Gasteiger partial charge in [-0.1, -0.05) is 18.2 Å². The lowest BCUT2D eigenvalue weighted by Crippen LogP contribution is -2.30. The van der Waals surface area contributed by atoms with Crippen LogP contribution in [0, 0.1) is 6.92 Å². The van der Waals surface area contributed by atoms with E-state index in [4.69, 9.17) is 9.47 Å². The van der Waals surface area contributed by atoms with E-state index >= 15 is 0 Å². The molecule has 1 atom stereocenters. The Bertz CT molecular complexity index is 1520. The average Bonchev–Trinajstić information content (AvgIpc) is 3.24. The molecule has 2 aromatic carbocycles. The second-order valence-corrected chi connectivity index (χ2v) is 8.30. The molecule has 4 rings (SSSR count). The summed E-state index contributed by atoms with van der Waals surface area (Å²) in [7, 11) is 3.10. The number of anilines is 1. The number of aliphatic hydroxyl groups excluding tert-OH is 1. The number of nitrogens with one attached hydrogen (secondary N) is 2. The predicted molar refractivity (Wildman–Crippen MR) is 137 cm³/mol. The average molecular weight is 493 g/mol. The van der Waals surface area contributed by atoms with E-state index in [-0.39, 0.29) is 30.3 Å². The molecule has 36 heavy (non-hydrogen) atoms. The highest BCUT2D eigenvalue weighted by Crippen LogP contribution is 2.19. The molecule has 2 aromatic heterocycles. The van der Waals surface area contributed by atoms with Gasteiger partial charge in [0.1, 0.15) is 24.2 Å². The van der Waals surface area contributed by atoms with Crippen molar-refractivity contribution in [3.05, 3.63) is 80.5 Å². The van der Waals surface area contributed by atoms with Crippen LogP contribution in [0.3, 0.4) is 0 Å². The van der Waals surface area contributed by atoms with Crippen LogP contribution in [-0.2, 0) is 13.6 Å². The molecule has 0 saturated heterocycles. The van der Waals surface area contributed by atoms with Gasteiger partial charge < -0.3 is 19.1 Å². The van der Waals surface area contributed by atoms with Crippen LogP contribution in [0.1, 0.15) is 18.1 Å². The molecule has 0 unspecified atom stereocenters. The summed E-state index contributed by atoms with van der Waals surface area (Å²) in [5.74, 6) is 1.58. The fourth-order valence-corrected chi connectivity index (χ4v) is 3.70. The van der Waals surface area contributed by atoms with Crippen molar-refractivity contribution in [3.8, 4) is 11.5 Å². The Morgan fingerprint density at radius 2 is 1.92 bits per heavy atom. The summed E-state index contributed by atoms with van der Waals surface area (Å²) in [4.78, 5) is 31.5. The maximum absolute atomic E-state index is 12.7. The number of nitrogens with zero attached hydrogens (tertiary/aromatic N) is 4. The number of imidazole rings is 1. The van der Waals surface area contributed by atoms with Crippen LogP contribution in [0.25, 0.3) is 11.2 Å². The Balaban J connectivity index is 1.64. The van der Waals surface area contributed by atoms with Gasteiger partial charge in [0.2, 0.25) is 5.95 Å². The highest BCUT2D eigenvalue weighted by Gasteiger charge is 2.20. The van der Waals surface area contributed by atoms with Gasteiger partial charge in [0.25, 0.3) is 5.56 Å². The van der Waals surface area contributed by atoms with Gasteiger partial charge in [0, 0.05) is 7.05 Å². The Hall–Kier alpha value is -4.38. The zero-order valence-electron chi connectivity index (χ0n) is 20.5. The largest absolute Gasteiger partial charge is 0.497 e. The number of para-hydroxylation sites is 1. The zero-order valence-corrected chi connectivity index (χ0v) is 20.5. The topological polar surface area (TPSA) is 136 Å². The quantitative estimate of drug-likeness (QED) is 0.240. The van der Waals surface area contributed by atoms with Crippen molar-refractivity contribution in [2.24, 2.45) is 12.1 Å². The Morgan fingerprint density at radius 3 is 2.61 bits per heavy atom. The van der Waals surface area contributed by atoms with E-state index in [2.05, 4.69) is 20.5 Å². The smallest absolute Gasteiger partial charge is 0.329 e. The van der Waals surface area contributed by atoms with Crippen molar-refractivity contribution in [3.63, 3.8) is 0 Å². The van der Waals surface area contributed by atoms with Crippen molar-refractivity contribution in [1.82, 2.24) is 19.1 Å². The van der Waals surface area contributed by atoms with Crippen molar-refractivity contribution in [2.45, 2.75) is 26.5 Å². The highest BCUT2D eigenvalue weighted by molar-refractivity contribution is 5.99. The van der Waals surface area contributed by atoms with Crippen molar-refractivity contribution >= 4 is 22.8 Å². The van der Waals surface area contributed by atoms with Crippen LogP contribution in [-0.4, -0.2) is 49.7 Å². The molecule has 11 heteroatoms. The monoisotopic (exact) mass is 492 g/mol. The minimum atomic E-state index is -0.981. The highest BCUT2D eigenvalue weighted by atomic mass is 16.5. The number of ether oxygens (including phenoxy) is 2. The molecule has 0 amide bonds. The van der Waals surface area contributed by atoms with Crippen LogP contribution in [0.5, 0.6) is 11.5 Å². The van der Waals surface area contributed by atoms with Crippen LogP contribution < -0.4 is 26.1 Å². The minimum Gasteiger partial charge on any atom is -0.497 e. The molecular formula is C25H28N6O5. The number of hydrogen-bond donors (Lipinski definition) is 3. The summed E-state index contributed by atoms with van der Waals surface area (Å²) in [5.41, 5.74) is 4.41. The first kappa shape index (κ1) is 24.7. The van der Waals surface area contributed by atoms with Crippen LogP contribution in [0.15, 0.2) is 63.2 Å². The maximum atomic E-state index is 12.7. The van der Waals surface area contributed by atoms with Crippen molar-refractivity contribution in [2.75, 3.05) is 19.1 Å². The van der Waals surface area contributed by atoms with E-state index in [9.17, 15) is 14.7 Å². The van der Waals surface area contributed by atoms with E-state index in [1.807, 2.05) is 62.4 Å². The number of aromatic nitrogens is 4. The number of benzene rings is 2. The van der Waals surface area contributed by atoms with Crippen LogP contribution in [0.2, 0.25) is 0 Å². The van der Waals surface area contributed by atoms with Gasteiger partial charge >= 0.3 is 5.69 Å². The molecular weight excluding hydrogens is 464 g/mol. The fourth-order valence-electron chi connectivity index (χ4n) is 3.70. The van der Waals surface area contributed by atoms with Gasteiger partial charge in [0.05, 0.1) is 19.4 Å². The minimum absolute atomic E-state index is 0.0121. The summed E-state index contributed by atoms with van der Waals surface area (Å²) in [6.45, 7) is 3.69. The number of hydrogen-bond acceptors (Lipinski definition) is 8. The molecule has 0 bridgehead atoms. The SMILES string of the molecule is COc1ccc(/C(C)=N\Nc2nc3c(c(=O)[nH]c(=O)n3C)n2C[C@H](O)COc2ccccc2C)cc1. The summed E-state index contributed by atoms with van der Waals surface area (Å²) < 4.78 is 13.7. The molecule has 0 saturated carbocycles. The second-order valence-electron chi connectivity index (χ2n) is 8.30. The molecule has 0 aliphatic carbocycles. The van der Waals surface area contributed by atoms with E-state index in [1.54, 1.807) is 7.11 Å². The van der Waals surface area contributed by atoms with Gasteiger partial charge in [-0.15, -0.1) is 0 Å². The third kappa shape index (κ3) is 5.15. The number of aliphatic hydroxyl groups is 1. The van der Waals surface area contributed by atoms with Gasteiger partial charge in [0.15, 0.2) is 11.2 Å². The predicted octanol–water partition coefficient (Wildman–Crippen LogP) is 2.02. The third-order valence-electron chi connectivity index (χ3n) is 5.76.